The van der Waals surface area contributed by atoms with Gasteiger partial charge in [0.05, 0.1) is 22.9 Å². The minimum atomic E-state index is -0.417. The average Bonchev–Trinajstić information content (AvgIpc) is 3.53. The van der Waals surface area contributed by atoms with E-state index in [1.54, 1.807) is 12.3 Å². The van der Waals surface area contributed by atoms with Crippen LogP contribution in [-0.4, -0.2) is 31.3 Å². The number of rotatable bonds is 10. The van der Waals surface area contributed by atoms with E-state index in [-0.39, 0.29) is 11.5 Å². The summed E-state index contributed by atoms with van der Waals surface area (Å²) in [7, 11) is 1.49. The summed E-state index contributed by atoms with van der Waals surface area (Å²) >= 11 is 0. The number of aldehydes is 1. The van der Waals surface area contributed by atoms with Gasteiger partial charge in [-0.1, -0.05) is 32.1 Å². The molecular weight excluding hydrogens is 366 g/mol. The summed E-state index contributed by atoms with van der Waals surface area (Å²) in [5.41, 5.74) is 2.32. The van der Waals surface area contributed by atoms with Crippen molar-refractivity contribution < 1.29 is 9.59 Å². The van der Waals surface area contributed by atoms with Crippen LogP contribution in [0.2, 0.25) is 0 Å². The van der Waals surface area contributed by atoms with Gasteiger partial charge in [0.1, 0.15) is 0 Å². The SMILES string of the molecule is C=C(/C=C(C#N)\C=C/C)[C@H]1CC1C(C)\C=N/N=C(CC)/C(C=O)=C/NC(=O)NC. The monoisotopic (exact) mass is 395 g/mol. The van der Waals surface area contributed by atoms with Gasteiger partial charge in [0.2, 0.25) is 0 Å². The van der Waals surface area contributed by atoms with Gasteiger partial charge in [0.25, 0.3) is 0 Å². The summed E-state index contributed by atoms with van der Waals surface area (Å²) in [5, 5.41) is 22.3. The molecule has 2 unspecified atom stereocenters. The third-order valence-corrected chi connectivity index (χ3v) is 4.67. The first-order valence-electron chi connectivity index (χ1n) is 9.58. The van der Waals surface area contributed by atoms with Gasteiger partial charge in [-0.05, 0) is 49.7 Å². The van der Waals surface area contributed by atoms with E-state index < -0.39 is 6.03 Å². The number of amides is 2. The normalized spacial score (nSPS) is 21.0. The molecular formula is C22H29N5O2. The van der Waals surface area contributed by atoms with Gasteiger partial charge in [-0.2, -0.15) is 15.5 Å². The number of urea groups is 1. The summed E-state index contributed by atoms with van der Waals surface area (Å²) in [6, 6.07) is 1.74. The Morgan fingerprint density at radius 1 is 1.45 bits per heavy atom. The van der Waals surface area contributed by atoms with Crippen molar-refractivity contribution in [1.29, 1.82) is 5.26 Å². The zero-order valence-corrected chi connectivity index (χ0v) is 17.5. The fraction of sp³-hybridized carbons (Fsp3) is 0.409. The molecule has 1 aliphatic rings. The zero-order valence-electron chi connectivity index (χ0n) is 17.5. The number of nitrogens with one attached hydrogen (secondary N) is 2. The number of carbonyl (C=O) groups excluding carboxylic acids is 2. The molecule has 0 aromatic rings. The summed E-state index contributed by atoms with van der Waals surface area (Å²) < 4.78 is 0. The van der Waals surface area contributed by atoms with E-state index in [0.717, 1.165) is 12.0 Å². The van der Waals surface area contributed by atoms with E-state index in [1.807, 2.05) is 26.0 Å². The molecule has 29 heavy (non-hydrogen) atoms. The van der Waals surface area contributed by atoms with Crippen molar-refractivity contribution in [2.24, 2.45) is 28.0 Å². The second kappa shape index (κ2) is 12.2. The third-order valence-electron chi connectivity index (χ3n) is 4.67. The molecule has 0 heterocycles. The van der Waals surface area contributed by atoms with Crippen molar-refractivity contribution in [2.75, 3.05) is 7.05 Å². The molecule has 1 rings (SSSR count). The number of hydrogen-bond acceptors (Lipinski definition) is 5. The van der Waals surface area contributed by atoms with Gasteiger partial charge in [0.15, 0.2) is 6.29 Å². The second-order valence-electron chi connectivity index (χ2n) is 6.76. The largest absolute Gasteiger partial charge is 0.341 e. The van der Waals surface area contributed by atoms with Gasteiger partial charge >= 0.3 is 6.03 Å². The van der Waals surface area contributed by atoms with Gasteiger partial charge in [0, 0.05) is 19.5 Å². The highest BCUT2D eigenvalue weighted by Gasteiger charge is 2.41. The van der Waals surface area contributed by atoms with Gasteiger partial charge in [-0.25, -0.2) is 4.79 Å². The molecule has 3 atom stereocenters. The molecule has 0 aromatic carbocycles. The fourth-order valence-corrected chi connectivity index (χ4v) is 2.88. The average molecular weight is 396 g/mol. The van der Waals surface area contributed by atoms with Crippen molar-refractivity contribution in [3.63, 3.8) is 0 Å². The number of hydrogen-bond donors (Lipinski definition) is 2. The summed E-state index contributed by atoms with van der Waals surface area (Å²) in [6.07, 6.45) is 10.7. The molecule has 0 spiro atoms. The Morgan fingerprint density at radius 3 is 2.72 bits per heavy atom. The van der Waals surface area contributed by atoms with Crippen molar-refractivity contribution in [3.8, 4) is 6.07 Å². The predicted octanol–water partition coefficient (Wildman–Crippen LogP) is 3.69. The van der Waals surface area contributed by atoms with Crippen LogP contribution in [0, 0.1) is 29.1 Å². The lowest BCUT2D eigenvalue weighted by molar-refractivity contribution is -0.104. The summed E-state index contributed by atoms with van der Waals surface area (Å²) in [4.78, 5) is 22.5. The summed E-state index contributed by atoms with van der Waals surface area (Å²) in [6.45, 7) is 9.89. The molecule has 7 heteroatoms. The Labute approximate surface area is 172 Å². The molecule has 0 radical (unpaired) electrons. The van der Waals surface area contributed by atoms with Gasteiger partial charge in [-0.3, -0.25) is 4.79 Å². The van der Waals surface area contributed by atoms with Crippen LogP contribution in [0.15, 0.2) is 57.9 Å². The molecule has 1 fully saturated rings. The van der Waals surface area contributed by atoms with Crippen molar-refractivity contribution >= 4 is 24.2 Å². The first-order chi connectivity index (χ1) is 13.9. The van der Waals surface area contributed by atoms with Gasteiger partial charge < -0.3 is 10.6 Å². The number of allylic oxidation sites excluding steroid dienone is 6. The first kappa shape index (κ1) is 23.8. The van der Waals surface area contributed by atoms with Crippen LogP contribution in [-0.2, 0) is 4.79 Å². The minimum absolute atomic E-state index is 0.187. The maximum absolute atomic E-state index is 11.3. The van der Waals surface area contributed by atoms with E-state index >= 15 is 0 Å². The third kappa shape index (κ3) is 7.70. The Kier molecular flexibility index (Phi) is 10.0. The highest BCUT2D eigenvalue weighted by atomic mass is 16.2. The van der Waals surface area contributed by atoms with Crippen LogP contribution in [0.5, 0.6) is 0 Å². The Bertz CT molecular complexity index is 812. The predicted molar refractivity (Wildman–Crippen MR) is 116 cm³/mol. The minimum Gasteiger partial charge on any atom is -0.341 e. The first-order valence-corrected chi connectivity index (χ1v) is 9.58. The lowest BCUT2D eigenvalue weighted by Gasteiger charge is -2.05. The van der Waals surface area contributed by atoms with Crippen LogP contribution in [0.4, 0.5) is 4.79 Å². The number of nitriles is 1. The molecule has 1 saturated carbocycles. The van der Waals surface area contributed by atoms with Crippen LogP contribution < -0.4 is 10.6 Å². The Balaban J connectivity index is 2.75. The molecule has 0 saturated heterocycles. The van der Waals surface area contributed by atoms with Crippen molar-refractivity contribution in [1.82, 2.24) is 10.6 Å². The van der Waals surface area contributed by atoms with E-state index in [2.05, 4.69) is 40.4 Å². The second-order valence-corrected chi connectivity index (χ2v) is 6.76. The Hall–Kier alpha value is -3.27. The number of nitrogens with zero attached hydrogens (tertiary/aromatic N) is 3. The fourth-order valence-electron chi connectivity index (χ4n) is 2.88. The van der Waals surface area contributed by atoms with E-state index in [0.29, 0.717) is 35.8 Å². The standard InChI is InChI=1S/C22H29N5O2/c1-6-8-17(11-23)9-15(3)19-10-20(19)16(4)12-26-27-21(7-2)18(14-28)13-25-22(29)24-5/h6,8-9,12-14,16,19-20H,3,7,10H2,1-2,4-5H3,(H2,24,25,29)/b8-6-,17-9+,18-13+,26-12-,27-21+/t16?,19-,20?/m1/s1. The van der Waals surface area contributed by atoms with E-state index in [4.69, 9.17) is 5.26 Å². The molecule has 2 amide bonds. The van der Waals surface area contributed by atoms with Crippen LogP contribution in [0.25, 0.3) is 0 Å². The molecule has 0 bridgehead atoms. The molecule has 0 aromatic heterocycles. The van der Waals surface area contributed by atoms with Crippen LogP contribution >= 0.6 is 0 Å². The summed E-state index contributed by atoms with van der Waals surface area (Å²) in [5.74, 6) is 0.929. The van der Waals surface area contributed by atoms with Crippen LogP contribution in [0.1, 0.15) is 33.6 Å². The van der Waals surface area contributed by atoms with E-state index in [1.165, 1.54) is 13.2 Å². The quantitative estimate of drug-likeness (QED) is 0.147. The lowest BCUT2D eigenvalue weighted by Crippen LogP contribution is -2.29. The molecule has 154 valence electrons. The molecule has 1 aliphatic carbocycles. The molecule has 0 aliphatic heterocycles. The van der Waals surface area contributed by atoms with Gasteiger partial charge in [-0.15, -0.1) is 0 Å². The number of carbonyl (C=O) groups is 2. The highest BCUT2D eigenvalue weighted by Crippen LogP contribution is 2.48. The van der Waals surface area contributed by atoms with Crippen LogP contribution in [0.3, 0.4) is 0 Å². The smallest absolute Gasteiger partial charge is 0.318 e. The molecule has 7 nitrogen and oxygen atoms in total. The zero-order chi connectivity index (χ0) is 21.8. The topological polar surface area (TPSA) is 107 Å². The highest BCUT2D eigenvalue weighted by molar-refractivity contribution is 6.14. The molecule has 2 N–H and O–H groups in total. The Morgan fingerprint density at radius 2 is 2.17 bits per heavy atom. The van der Waals surface area contributed by atoms with E-state index in [9.17, 15) is 9.59 Å². The lowest BCUT2D eigenvalue weighted by atomic mass is 10.0. The maximum atomic E-state index is 11.3. The van der Waals surface area contributed by atoms with Crippen molar-refractivity contribution in [2.45, 2.75) is 33.6 Å². The maximum Gasteiger partial charge on any atom is 0.318 e. The van der Waals surface area contributed by atoms with Crippen molar-refractivity contribution in [3.05, 3.63) is 47.7 Å².